The van der Waals surface area contributed by atoms with Crippen LogP contribution in [-0.4, -0.2) is 58.0 Å². The first kappa shape index (κ1) is 24.4. The molecule has 0 aromatic heterocycles. The first-order valence-electron chi connectivity index (χ1n) is 12.6. The van der Waals surface area contributed by atoms with E-state index in [9.17, 15) is 19.8 Å². The van der Waals surface area contributed by atoms with Crippen LogP contribution in [0.3, 0.4) is 0 Å². The third kappa shape index (κ3) is 5.03. The highest BCUT2D eigenvalue weighted by Gasteiger charge is 2.51. The molecule has 6 heteroatoms. The van der Waals surface area contributed by atoms with Crippen LogP contribution in [0.1, 0.15) is 62.5 Å². The van der Waals surface area contributed by atoms with Crippen LogP contribution in [0, 0.1) is 0 Å². The van der Waals surface area contributed by atoms with Crippen molar-refractivity contribution in [1.29, 1.82) is 0 Å². The predicted molar refractivity (Wildman–Crippen MR) is 131 cm³/mol. The van der Waals surface area contributed by atoms with Gasteiger partial charge in [-0.05, 0) is 49.7 Å². The van der Waals surface area contributed by atoms with Gasteiger partial charge in [0.25, 0.3) is 0 Å². The summed E-state index contributed by atoms with van der Waals surface area (Å²) in [6.07, 6.45) is 4.39. The first-order valence-corrected chi connectivity index (χ1v) is 12.6. The van der Waals surface area contributed by atoms with Crippen LogP contribution in [-0.2, 0) is 20.8 Å². The Morgan fingerprint density at radius 3 is 1.26 bits per heavy atom. The number of nitrogens with zero attached hydrogens (tertiary/aromatic N) is 2. The highest BCUT2D eigenvalue weighted by atomic mass is 16.4. The lowest BCUT2D eigenvalue weighted by Crippen LogP contribution is -2.50. The van der Waals surface area contributed by atoms with Crippen molar-refractivity contribution in [3.8, 4) is 0 Å². The lowest BCUT2D eigenvalue weighted by Gasteiger charge is -2.45. The maximum atomic E-state index is 12.9. The summed E-state index contributed by atoms with van der Waals surface area (Å²) in [7, 11) is 0. The molecule has 2 aromatic carbocycles. The van der Waals surface area contributed by atoms with Gasteiger partial charge in [-0.15, -0.1) is 0 Å². The van der Waals surface area contributed by atoms with Crippen LogP contribution < -0.4 is 0 Å². The molecule has 0 spiro atoms. The molecule has 2 saturated heterocycles. The average Bonchev–Trinajstić information content (AvgIpc) is 3.61. The van der Waals surface area contributed by atoms with Crippen molar-refractivity contribution >= 4 is 11.8 Å². The molecule has 2 aliphatic heterocycles. The fourth-order valence-electron chi connectivity index (χ4n) is 5.43. The number of carbonyl (C=O) groups excluding carboxylic acids is 2. The average molecular weight is 465 g/mol. The third-order valence-corrected chi connectivity index (χ3v) is 7.51. The van der Waals surface area contributed by atoms with Gasteiger partial charge in [0.1, 0.15) is 11.2 Å². The fraction of sp³-hybridized carbons (Fsp3) is 0.500. The van der Waals surface area contributed by atoms with E-state index in [2.05, 4.69) is 0 Å². The zero-order chi connectivity index (χ0) is 24.0. The number of aliphatic hydroxyl groups is 2. The third-order valence-electron chi connectivity index (χ3n) is 7.51. The molecule has 2 aromatic rings. The van der Waals surface area contributed by atoms with Crippen LogP contribution in [0.4, 0.5) is 0 Å². The highest BCUT2D eigenvalue weighted by molar-refractivity contribution is 5.77. The predicted octanol–water partition coefficient (Wildman–Crippen LogP) is 3.57. The zero-order valence-electron chi connectivity index (χ0n) is 19.9. The van der Waals surface area contributed by atoms with E-state index < -0.39 is 11.2 Å². The van der Waals surface area contributed by atoms with Crippen molar-refractivity contribution < 1.29 is 19.8 Å². The SMILES string of the molecule is O=C(CC[C@@](O)(c1ccccc1)[C@](O)(CCC(=O)N1CCCC1)c1ccccc1)N1CCCC1. The Morgan fingerprint density at radius 1 is 0.618 bits per heavy atom. The lowest BCUT2D eigenvalue weighted by atomic mass is 9.68. The van der Waals surface area contributed by atoms with Gasteiger partial charge in [-0.3, -0.25) is 9.59 Å². The van der Waals surface area contributed by atoms with Crippen molar-refractivity contribution in [3.63, 3.8) is 0 Å². The van der Waals surface area contributed by atoms with Gasteiger partial charge in [0, 0.05) is 39.0 Å². The Kier molecular flexibility index (Phi) is 7.69. The summed E-state index contributed by atoms with van der Waals surface area (Å²) >= 11 is 0. The van der Waals surface area contributed by atoms with Crippen LogP contribution in [0.2, 0.25) is 0 Å². The summed E-state index contributed by atoms with van der Waals surface area (Å²) in [5.74, 6) is -0.00850. The van der Waals surface area contributed by atoms with E-state index in [1.807, 2.05) is 46.2 Å². The molecule has 2 atom stereocenters. The Bertz CT molecular complexity index is 875. The van der Waals surface area contributed by atoms with Crippen molar-refractivity contribution in [1.82, 2.24) is 9.80 Å². The maximum Gasteiger partial charge on any atom is 0.222 e. The van der Waals surface area contributed by atoms with Gasteiger partial charge in [0.2, 0.25) is 11.8 Å². The van der Waals surface area contributed by atoms with E-state index in [1.165, 1.54) is 0 Å². The molecule has 2 heterocycles. The summed E-state index contributed by atoms with van der Waals surface area (Å²) in [6.45, 7) is 2.98. The number of likely N-dealkylation sites (tertiary alicyclic amines) is 2. The van der Waals surface area contributed by atoms with Crippen molar-refractivity contribution in [2.24, 2.45) is 0 Å². The quantitative estimate of drug-likeness (QED) is 0.595. The van der Waals surface area contributed by atoms with E-state index in [4.69, 9.17) is 0 Å². The zero-order valence-corrected chi connectivity index (χ0v) is 19.9. The summed E-state index contributed by atoms with van der Waals surface area (Å²) in [5.41, 5.74) is -2.39. The largest absolute Gasteiger partial charge is 0.382 e. The summed E-state index contributed by atoms with van der Waals surface area (Å²) in [5, 5.41) is 24.6. The van der Waals surface area contributed by atoms with Crippen LogP contribution in [0.15, 0.2) is 60.7 Å². The summed E-state index contributed by atoms with van der Waals surface area (Å²) < 4.78 is 0. The number of amides is 2. The Hall–Kier alpha value is -2.70. The second-order valence-electron chi connectivity index (χ2n) is 9.63. The van der Waals surface area contributed by atoms with Gasteiger partial charge in [-0.2, -0.15) is 0 Å². The number of carbonyl (C=O) groups is 2. The van der Waals surface area contributed by atoms with Gasteiger partial charge in [-0.25, -0.2) is 0 Å². The second-order valence-corrected chi connectivity index (χ2v) is 9.63. The molecule has 0 unspecified atom stereocenters. The van der Waals surface area contributed by atoms with E-state index >= 15 is 0 Å². The lowest BCUT2D eigenvalue weighted by molar-refractivity contribution is -0.179. The monoisotopic (exact) mass is 464 g/mol. The maximum absolute atomic E-state index is 12.9. The number of hydrogen-bond acceptors (Lipinski definition) is 4. The van der Waals surface area contributed by atoms with Gasteiger partial charge in [0.15, 0.2) is 0 Å². The fourth-order valence-corrected chi connectivity index (χ4v) is 5.43. The smallest absolute Gasteiger partial charge is 0.222 e. The second kappa shape index (κ2) is 10.7. The molecule has 2 N–H and O–H groups in total. The van der Waals surface area contributed by atoms with Crippen LogP contribution in [0.25, 0.3) is 0 Å². The molecule has 2 amide bonds. The van der Waals surface area contributed by atoms with Crippen molar-refractivity contribution in [2.45, 2.75) is 62.6 Å². The minimum atomic E-state index is -1.74. The minimum Gasteiger partial charge on any atom is -0.382 e. The van der Waals surface area contributed by atoms with E-state index in [1.54, 1.807) is 24.3 Å². The summed E-state index contributed by atoms with van der Waals surface area (Å²) in [4.78, 5) is 29.5. The number of benzene rings is 2. The van der Waals surface area contributed by atoms with Gasteiger partial charge < -0.3 is 20.0 Å². The Balaban J connectivity index is 1.66. The van der Waals surface area contributed by atoms with Crippen LogP contribution in [0.5, 0.6) is 0 Å². The van der Waals surface area contributed by atoms with E-state index in [0.717, 1.165) is 51.9 Å². The molecule has 0 bridgehead atoms. The van der Waals surface area contributed by atoms with E-state index in [0.29, 0.717) is 11.1 Å². The molecule has 0 aliphatic carbocycles. The Labute approximate surface area is 202 Å². The van der Waals surface area contributed by atoms with Crippen LogP contribution >= 0.6 is 0 Å². The number of hydrogen-bond donors (Lipinski definition) is 2. The molecular formula is C28H36N2O4. The topological polar surface area (TPSA) is 81.1 Å². The standard InChI is InChI=1S/C28H36N2O4/c31-25(29-19-7-8-20-29)15-17-27(33,23-11-3-1-4-12-23)28(34,24-13-5-2-6-14-24)18-16-26(32)30-21-9-10-22-30/h1-6,11-14,33-34H,7-10,15-22H2/t27-,28+. The molecule has 6 nitrogen and oxygen atoms in total. The first-order chi connectivity index (χ1) is 16.4. The molecule has 2 fully saturated rings. The minimum absolute atomic E-state index is 0.00425. The van der Waals surface area contributed by atoms with Gasteiger partial charge in [-0.1, -0.05) is 60.7 Å². The normalized spacial score (nSPS) is 19.6. The van der Waals surface area contributed by atoms with Crippen molar-refractivity contribution in [2.75, 3.05) is 26.2 Å². The molecule has 0 saturated carbocycles. The highest BCUT2D eigenvalue weighted by Crippen LogP contribution is 2.47. The molecule has 2 aliphatic rings. The molecule has 0 radical (unpaired) electrons. The van der Waals surface area contributed by atoms with Gasteiger partial charge >= 0.3 is 0 Å². The molecular weight excluding hydrogens is 428 g/mol. The molecule has 182 valence electrons. The Morgan fingerprint density at radius 2 is 0.941 bits per heavy atom. The molecule has 34 heavy (non-hydrogen) atoms. The van der Waals surface area contributed by atoms with Crippen molar-refractivity contribution in [3.05, 3.63) is 71.8 Å². The van der Waals surface area contributed by atoms with E-state index in [-0.39, 0.29) is 37.5 Å². The molecule has 4 rings (SSSR count). The van der Waals surface area contributed by atoms with Gasteiger partial charge in [0.05, 0.1) is 0 Å². The number of rotatable bonds is 9. The summed E-state index contributed by atoms with van der Waals surface area (Å²) in [6, 6.07) is 18.2.